The number of amides is 1. The average Bonchev–Trinajstić information content (AvgIpc) is 2.96. The van der Waals surface area contributed by atoms with Crippen molar-refractivity contribution in [1.82, 2.24) is 4.90 Å². The van der Waals surface area contributed by atoms with E-state index < -0.39 is 0 Å². The van der Waals surface area contributed by atoms with Crippen molar-refractivity contribution in [3.63, 3.8) is 0 Å². The predicted octanol–water partition coefficient (Wildman–Crippen LogP) is 4.93. The van der Waals surface area contributed by atoms with Crippen LogP contribution in [0.25, 0.3) is 0 Å². The van der Waals surface area contributed by atoms with Crippen LogP contribution in [0.15, 0.2) is 53.0 Å². The van der Waals surface area contributed by atoms with E-state index in [0.717, 1.165) is 21.3 Å². The van der Waals surface area contributed by atoms with Gasteiger partial charge in [0, 0.05) is 16.1 Å². The smallest absolute Gasteiger partial charge is 0.410 e. The fraction of sp³-hybridized carbons (Fsp3) is 0.316. The minimum absolute atomic E-state index is 0.0106. The molecule has 0 fully saturated rings. The second kappa shape index (κ2) is 7.26. The Kier molecular flexibility index (Phi) is 5.09. The van der Waals surface area contributed by atoms with E-state index in [4.69, 9.17) is 9.47 Å². The summed E-state index contributed by atoms with van der Waals surface area (Å²) in [5.74, 6) is 0.816. The van der Waals surface area contributed by atoms with Crippen LogP contribution in [0, 0.1) is 0 Å². The maximum absolute atomic E-state index is 12.7. The molecule has 1 amide bonds. The summed E-state index contributed by atoms with van der Waals surface area (Å²) in [6.07, 6.45) is -0.321. The number of carbonyl (C=O) groups is 1. The van der Waals surface area contributed by atoms with E-state index in [1.165, 1.54) is 0 Å². The first-order valence-electron chi connectivity index (χ1n) is 7.97. The number of carbonyl (C=O) groups excluding carboxylic acids is 1. The average molecular weight is 390 g/mol. The van der Waals surface area contributed by atoms with Crippen LogP contribution in [-0.2, 0) is 11.3 Å². The molecule has 2 aromatic carbocycles. The summed E-state index contributed by atoms with van der Waals surface area (Å²) >= 11 is 3.45. The molecule has 1 aliphatic heterocycles. The molecule has 1 heterocycles. The van der Waals surface area contributed by atoms with E-state index in [9.17, 15) is 4.79 Å². The van der Waals surface area contributed by atoms with Crippen LogP contribution >= 0.6 is 15.9 Å². The summed E-state index contributed by atoms with van der Waals surface area (Å²) in [5.41, 5.74) is 1.99. The Hall–Kier alpha value is -2.01. The van der Waals surface area contributed by atoms with E-state index in [2.05, 4.69) is 15.9 Å². The summed E-state index contributed by atoms with van der Waals surface area (Å²) in [4.78, 5) is 14.4. The number of rotatable bonds is 4. The zero-order valence-corrected chi connectivity index (χ0v) is 15.3. The summed E-state index contributed by atoms with van der Waals surface area (Å²) < 4.78 is 12.2. The molecule has 4 nitrogen and oxygen atoms in total. The van der Waals surface area contributed by atoms with E-state index in [1.54, 1.807) is 4.90 Å². The highest BCUT2D eigenvalue weighted by Crippen LogP contribution is 2.38. The lowest BCUT2D eigenvalue weighted by Crippen LogP contribution is -2.41. The third kappa shape index (κ3) is 3.56. The van der Waals surface area contributed by atoms with Gasteiger partial charge >= 0.3 is 6.09 Å². The third-order valence-corrected chi connectivity index (χ3v) is 4.53. The van der Waals surface area contributed by atoms with Crippen LogP contribution in [0.4, 0.5) is 4.79 Å². The Morgan fingerprint density at radius 2 is 2.04 bits per heavy atom. The highest BCUT2D eigenvalue weighted by Gasteiger charge is 2.35. The Balaban J connectivity index is 1.75. The van der Waals surface area contributed by atoms with Crippen molar-refractivity contribution < 1.29 is 14.3 Å². The number of hydrogen-bond donors (Lipinski definition) is 0. The molecule has 0 spiro atoms. The molecule has 0 aliphatic carbocycles. The normalized spacial score (nSPS) is 15.8. The lowest BCUT2D eigenvalue weighted by atomic mass is 10.1. The number of hydrogen-bond acceptors (Lipinski definition) is 3. The molecule has 0 N–H and O–H groups in total. The second-order valence-electron chi connectivity index (χ2n) is 6.05. The van der Waals surface area contributed by atoms with E-state index >= 15 is 0 Å². The van der Waals surface area contributed by atoms with Gasteiger partial charge in [0.15, 0.2) is 0 Å². The molecular weight excluding hydrogens is 370 g/mol. The molecule has 0 saturated heterocycles. The van der Waals surface area contributed by atoms with Gasteiger partial charge in [0.1, 0.15) is 19.0 Å². The molecule has 0 aromatic heterocycles. The van der Waals surface area contributed by atoms with Crippen LogP contribution in [0.5, 0.6) is 5.75 Å². The van der Waals surface area contributed by atoms with Crippen LogP contribution in [0.1, 0.15) is 31.0 Å². The molecule has 24 heavy (non-hydrogen) atoms. The highest BCUT2D eigenvalue weighted by atomic mass is 79.9. The largest absolute Gasteiger partial charge is 0.491 e. The Labute approximate surface area is 150 Å². The fourth-order valence-electron chi connectivity index (χ4n) is 2.89. The van der Waals surface area contributed by atoms with Gasteiger partial charge in [0.05, 0.1) is 6.04 Å². The molecule has 1 atom stereocenters. The SMILES string of the molecule is CC(C)N(C(=O)OCc1ccccc1)C1COc2cc(Br)ccc21. The minimum Gasteiger partial charge on any atom is -0.491 e. The number of halogens is 1. The maximum Gasteiger partial charge on any atom is 0.410 e. The van der Waals surface area contributed by atoms with Crippen molar-refractivity contribution in [2.75, 3.05) is 6.61 Å². The van der Waals surface area contributed by atoms with Gasteiger partial charge in [0.25, 0.3) is 0 Å². The molecule has 0 saturated carbocycles. The van der Waals surface area contributed by atoms with Gasteiger partial charge in [-0.2, -0.15) is 0 Å². The molecular formula is C19H20BrNO3. The highest BCUT2D eigenvalue weighted by molar-refractivity contribution is 9.10. The van der Waals surface area contributed by atoms with Crippen molar-refractivity contribution in [3.05, 3.63) is 64.1 Å². The van der Waals surface area contributed by atoms with Crippen molar-refractivity contribution in [2.45, 2.75) is 32.5 Å². The minimum atomic E-state index is -0.321. The van der Waals surface area contributed by atoms with Crippen LogP contribution in [0.3, 0.4) is 0 Å². The zero-order valence-electron chi connectivity index (χ0n) is 13.7. The lowest BCUT2D eigenvalue weighted by Gasteiger charge is -2.31. The van der Waals surface area contributed by atoms with E-state index in [0.29, 0.717) is 6.61 Å². The van der Waals surface area contributed by atoms with Gasteiger partial charge in [-0.1, -0.05) is 52.3 Å². The van der Waals surface area contributed by atoms with E-state index in [-0.39, 0.29) is 24.8 Å². The molecule has 2 aromatic rings. The quantitative estimate of drug-likeness (QED) is 0.743. The summed E-state index contributed by atoms with van der Waals surface area (Å²) in [6.45, 7) is 4.69. The van der Waals surface area contributed by atoms with Crippen molar-refractivity contribution in [1.29, 1.82) is 0 Å². The van der Waals surface area contributed by atoms with Crippen molar-refractivity contribution in [2.24, 2.45) is 0 Å². The summed E-state index contributed by atoms with van der Waals surface area (Å²) in [6, 6.07) is 15.5. The first kappa shape index (κ1) is 16.8. The van der Waals surface area contributed by atoms with Crippen LogP contribution in [0.2, 0.25) is 0 Å². The standard InChI is InChI=1S/C19H20BrNO3/c1-13(2)21(19(22)24-11-14-6-4-3-5-7-14)17-12-23-18-10-15(20)8-9-16(17)18/h3-10,13,17H,11-12H2,1-2H3. The summed E-state index contributed by atoms with van der Waals surface area (Å²) in [7, 11) is 0. The Bertz CT molecular complexity index is 718. The van der Waals surface area contributed by atoms with Gasteiger partial charge in [-0.15, -0.1) is 0 Å². The number of nitrogens with zero attached hydrogens (tertiary/aromatic N) is 1. The molecule has 126 valence electrons. The number of benzene rings is 2. The van der Waals surface area contributed by atoms with Gasteiger partial charge in [-0.05, 0) is 31.5 Å². The topological polar surface area (TPSA) is 38.8 Å². The number of fused-ring (bicyclic) bond motifs is 1. The van der Waals surface area contributed by atoms with Gasteiger partial charge in [-0.25, -0.2) is 4.79 Å². The van der Waals surface area contributed by atoms with Gasteiger partial charge in [0.2, 0.25) is 0 Å². The fourth-order valence-corrected chi connectivity index (χ4v) is 3.23. The molecule has 0 bridgehead atoms. The third-order valence-electron chi connectivity index (χ3n) is 4.04. The van der Waals surface area contributed by atoms with Crippen LogP contribution < -0.4 is 4.74 Å². The summed E-state index contributed by atoms with van der Waals surface area (Å²) in [5, 5.41) is 0. The monoisotopic (exact) mass is 389 g/mol. The van der Waals surface area contributed by atoms with Gasteiger partial charge in [-0.3, -0.25) is 4.90 Å². The Morgan fingerprint density at radius 1 is 1.29 bits per heavy atom. The van der Waals surface area contributed by atoms with Crippen molar-refractivity contribution >= 4 is 22.0 Å². The van der Waals surface area contributed by atoms with E-state index in [1.807, 2.05) is 62.4 Å². The van der Waals surface area contributed by atoms with Crippen molar-refractivity contribution in [3.8, 4) is 5.75 Å². The molecule has 5 heteroatoms. The second-order valence-corrected chi connectivity index (χ2v) is 6.97. The lowest BCUT2D eigenvalue weighted by molar-refractivity contribution is 0.0614. The van der Waals surface area contributed by atoms with Gasteiger partial charge < -0.3 is 9.47 Å². The first-order chi connectivity index (χ1) is 11.6. The number of ether oxygens (including phenoxy) is 2. The molecule has 1 unspecified atom stereocenters. The van der Waals surface area contributed by atoms with Crippen LogP contribution in [-0.4, -0.2) is 23.6 Å². The Morgan fingerprint density at radius 3 is 2.75 bits per heavy atom. The predicted molar refractivity (Wildman–Crippen MR) is 96.0 cm³/mol. The molecule has 0 radical (unpaired) electrons. The first-order valence-corrected chi connectivity index (χ1v) is 8.77. The maximum atomic E-state index is 12.7. The molecule has 3 rings (SSSR count). The zero-order chi connectivity index (χ0) is 17.1. The molecule has 1 aliphatic rings.